The molecule has 0 amide bonds. The SMILES string of the molecule is O=C(O)c1cc(S(=O)(=O)NCc2ccc(F)cc2)c2cc[nH]c2c1. The highest BCUT2D eigenvalue weighted by Gasteiger charge is 2.20. The predicted molar refractivity (Wildman–Crippen MR) is 85.7 cm³/mol. The number of nitrogens with one attached hydrogen (secondary N) is 2. The quantitative estimate of drug-likeness (QED) is 0.659. The van der Waals surface area contributed by atoms with Crippen molar-refractivity contribution in [3.05, 3.63) is 65.6 Å². The maximum Gasteiger partial charge on any atom is 0.335 e. The molecule has 0 aliphatic rings. The van der Waals surface area contributed by atoms with Crippen LogP contribution in [0.4, 0.5) is 4.39 Å². The van der Waals surface area contributed by atoms with Gasteiger partial charge < -0.3 is 10.1 Å². The van der Waals surface area contributed by atoms with E-state index in [2.05, 4.69) is 9.71 Å². The highest BCUT2D eigenvalue weighted by atomic mass is 32.2. The number of hydrogen-bond donors (Lipinski definition) is 3. The molecule has 24 heavy (non-hydrogen) atoms. The van der Waals surface area contributed by atoms with Gasteiger partial charge >= 0.3 is 5.97 Å². The summed E-state index contributed by atoms with van der Waals surface area (Å²) in [5.41, 5.74) is 0.865. The van der Waals surface area contributed by atoms with Gasteiger partial charge in [0.25, 0.3) is 0 Å². The number of aromatic nitrogens is 1. The van der Waals surface area contributed by atoms with Crippen molar-refractivity contribution in [2.75, 3.05) is 0 Å². The van der Waals surface area contributed by atoms with Gasteiger partial charge in [-0.25, -0.2) is 22.3 Å². The molecule has 0 bridgehead atoms. The Morgan fingerprint density at radius 2 is 1.88 bits per heavy atom. The Bertz CT molecular complexity index is 1010. The largest absolute Gasteiger partial charge is 0.478 e. The van der Waals surface area contributed by atoms with Gasteiger partial charge in [-0.3, -0.25) is 0 Å². The van der Waals surface area contributed by atoms with Crippen LogP contribution in [-0.2, 0) is 16.6 Å². The van der Waals surface area contributed by atoms with Crippen molar-refractivity contribution in [3.8, 4) is 0 Å². The number of carboxylic acids is 1. The number of aromatic carboxylic acids is 1. The number of hydrogen-bond acceptors (Lipinski definition) is 3. The van der Waals surface area contributed by atoms with Gasteiger partial charge in [-0.15, -0.1) is 0 Å². The molecule has 2 aromatic carbocycles. The summed E-state index contributed by atoms with van der Waals surface area (Å²) in [7, 11) is -3.95. The summed E-state index contributed by atoms with van der Waals surface area (Å²) < 4.78 is 40.4. The van der Waals surface area contributed by atoms with Crippen LogP contribution in [0.1, 0.15) is 15.9 Å². The molecule has 0 radical (unpaired) electrons. The minimum absolute atomic E-state index is 0.0359. The molecule has 0 saturated heterocycles. The maximum absolute atomic E-state index is 12.9. The second-order valence-electron chi connectivity index (χ2n) is 5.17. The molecule has 1 heterocycles. The lowest BCUT2D eigenvalue weighted by atomic mass is 10.1. The highest BCUT2D eigenvalue weighted by Crippen LogP contribution is 2.24. The zero-order chi connectivity index (χ0) is 17.3. The van der Waals surface area contributed by atoms with Crippen LogP contribution in [0.25, 0.3) is 10.9 Å². The molecule has 0 aliphatic heterocycles. The summed E-state index contributed by atoms with van der Waals surface area (Å²) >= 11 is 0. The fourth-order valence-corrected chi connectivity index (χ4v) is 3.60. The zero-order valence-electron chi connectivity index (χ0n) is 12.3. The molecule has 1 aromatic heterocycles. The summed E-state index contributed by atoms with van der Waals surface area (Å²) in [5, 5.41) is 9.54. The summed E-state index contributed by atoms with van der Waals surface area (Å²) in [5.74, 6) is -1.63. The smallest absolute Gasteiger partial charge is 0.335 e. The van der Waals surface area contributed by atoms with Gasteiger partial charge in [0.2, 0.25) is 10.0 Å². The Hall–Kier alpha value is -2.71. The molecule has 0 spiro atoms. The molecule has 8 heteroatoms. The van der Waals surface area contributed by atoms with Gasteiger partial charge in [0.15, 0.2) is 0 Å². The lowest BCUT2D eigenvalue weighted by Gasteiger charge is -2.09. The van der Waals surface area contributed by atoms with Crippen molar-refractivity contribution >= 4 is 26.9 Å². The van der Waals surface area contributed by atoms with Crippen LogP contribution in [-0.4, -0.2) is 24.5 Å². The van der Waals surface area contributed by atoms with Gasteiger partial charge in [0, 0.05) is 23.6 Å². The third-order valence-electron chi connectivity index (χ3n) is 3.55. The van der Waals surface area contributed by atoms with Crippen LogP contribution in [0, 0.1) is 5.82 Å². The third-order valence-corrected chi connectivity index (χ3v) is 4.99. The molecular formula is C16H13FN2O4S. The second kappa shape index (κ2) is 6.06. The van der Waals surface area contributed by atoms with E-state index in [-0.39, 0.29) is 17.0 Å². The Morgan fingerprint density at radius 3 is 2.54 bits per heavy atom. The first kappa shape index (κ1) is 16.2. The van der Waals surface area contributed by atoms with E-state index in [1.165, 1.54) is 36.5 Å². The number of H-pyrrole nitrogens is 1. The molecule has 3 N–H and O–H groups in total. The van der Waals surface area contributed by atoms with Crippen molar-refractivity contribution in [3.63, 3.8) is 0 Å². The molecule has 0 unspecified atom stereocenters. The van der Waals surface area contributed by atoms with Crippen LogP contribution in [0.3, 0.4) is 0 Å². The van der Waals surface area contributed by atoms with Crippen LogP contribution in [0.15, 0.2) is 53.6 Å². The molecule has 0 fully saturated rings. The van der Waals surface area contributed by atoms with Crippen LogP contribution >= 0.6 is 0 Å². The predicted octanol–water partition coefficient (Wildman–Crippen LogP) is 2.48. The fraction of sp³-hybridized carbons (Fsp3) is 0.0625. The normalized spacial score (nSPS) is 11.7. The number of carbonyl (C=O) groups is 1. The zero-order valence-corrected chi connectivity index (χ0v) is 13.1. The topological polar surface area (TPSA) is 99.3 Å². The molecule has 0 saturated carbocycles. The average molecular weight is 348 g/mol. The lowest BCUT2D eigenvalue weighted by Crippen LogP contribution is -2.23. The first-order valence-electron chi connectivity index (χ1n) is 6.95. The minimum Gasteiger partial charge on any atom is -0.478 e. The van der Waals surface area contributed by atoms with Gasteiger partial charge in [-0.2, -0.15) is 0 Å². The third kappa shape index (κ3) is 3.15. The summed E-state index contributed by atoms with van der Waals surface area (Å²) in [6.07, 6.45) is 1.54. The number of sulfonamides is 1. The Labute approximate surface area is 137 Å². The van der Waals surface area contributed by atoms with E-state index in [1.807, 2.05) is 0 Å². The molecular weight excluding hydrogens is 335 g/mol. The summed E-state index contributed by atoms with van der Waals surface area (Å²) in [4.78, 5) is 13.9. The van der Waals surface area contributed by atoms with E-state index < -0.39 is 21.8 Å². The fourth-order valence-electron chi connectivity index (χ4n) is 2.34. The van der Waals surface area contributed by atoms with E-state index in [0.717, 1.165) is 6.07 Å². The Kier molecular flexibility index (Phi) is 4.08. The minimum atomic E-state index is -3.95. The van der Waals surface area contributed by atoms with Crippen molar-refractivity contribution in [1.29, 1.82) is 0 Å². The number of fused-ring (bicyclic) bond motifs is 1. The molecule has 6 nitrogen and oxygen atoms in total. The van der Waals surface area contributed by atoms with Gasteiger partial charge in [0.1, 0.15) is 5.82 Å². The van der Waals surface area contributed by atoms with Crippen molar-refractivity contribution in [2.45, 2.75) is 11.4 Å². The first-order chi connectivity index (χ1) is 11.4. The van der Waals surface area contributed by atoms with E-state index >= 15 is 0 Å². The Morgan fingerprint density at radius 1 is 1.17 bits per heavy atom. The number of carboxylic acid groups (broad SMARTS) is 1. The van der Waals surface area contributed by atoms with E-state index in [4.69, 9.17) is 5.11 Å². The van der Waals surface area contributed by atoms with E-state index in [1.54, 1.807) is 6.07 Å². The average Bonchev–Trinajstić information content (AvgIpc) is 3.01. The van der Waals surface area contributed by atoms with Crippen LogP contribution in [0.5, 0.6) is 0 Å². The molecule has 3 rings (SSSR count). The lowest BCUT2D eigenvalue weighted by molar-refractivity contribution is 0.0697. The summed E-state index contributed by atoms with van der Waals surface area (Å²) in [6, 6.07) is 9.46. The molecule has 0 aliphatic carbocycles. The van der Waals surface area contributed by atoms with Crippen molar-refractivity contribution < 1.29 is 22.7 Å². The molecule has 3 aromatic rings. The second-order valence-corrected chi connectivity index (χ2v) is 6.90. The number of halogens is 1. The molecule has 124 valence electrons. The van der Waals surface area contributed by atoms with Crippen molar-refractivity contribution in [2.24, 2.45) is 0 Å². The standard InChI is InChI=1S/C16H13FN2O4S/c17-12-3-1-10(2-4-12)9-19-24(22,23)15-8-11(16(20)21)7-14-13(15)5-6-18-14/h1-8,18-19H,9H2,(H,20,21). The Balaban J connectivity index is 1.96. The van der Waals surface area contributed by atoms with Gasteiger partial charge in [0.05, 0.1) is 10.5 Å². The van der Waals surface area contributed by atoms with Gasteiger partial charge in [-0.1, -0.05) is 12.1 Å². The van der Waals surface area contributed by atoms with Gasteiger partial charge in [-0.05, 0) is 35.9 Å². The molecule has 0 atom stereocenters. The highest BCUT2D eigenvalue weighted by molar-refractivity contribution is 7.89. The van der Waals surface area contributed by atoms with Crippen molar-refractivity contribution in [1.82, 2.24) is 9.71 Å². The van der Waals surface area contributed by atoms with E-state index in [9.17, 15) is 17.6 Å². The number of rotatable bonds is 5. The number of aromatic amines is 1. The van der Waals surface area contributed by atoms with E-state index in [0.29, 0.717) is 16.5 Å². The summed E-state index contributed by atoms with van der Waals surface area (Å²) in [6.45, 7) is -0.0359. The van der Waals surface area contributed by atoms with Crippen LogP contribution in [0.2, 0.25) is 0 Å². The first-order valence-corrected chi connectivity index (χ1v) is 8.44. The number of benzene rings is 2. The maximum atomic E-state index is 12.9. The monoisotopic (exact) mass is 348 g/mol. The van der Waals surface area contributed by atoms with Crippen LogP contribution < -0.4 is 4.72 Å².